The Kier molecular flexibility index (Phi) is 3.15. The van der Waals surface area contributed by atoms with Gasteiger partial charge >= 0.3 is 0 Å². The van der Waals surface area contributed by atoms with Gasteiger partial charge in [-0.05, 0) is 44.0 Å². The SMILES string of the molecule is COc1cccc(C2NCCCC2(C)F)c1. The molecule has 1 heterocycles. The van der Waals surface area contributed by atoms with E-state index >= 15 is 0 Å². The summed E-state index contributed by atoms with van der Waals surface area (Å²) < 4.78 is 19.5. The van der Waals surface area contributed by atoms with Gasteiger partial charge in [0.25, 0.3) is 0 Å². The van der Waals surface area contributed by atoms with Crippen LogP contribution in [-0.2, 0) is 0 Å². The molecule has 2 rings (SSSR count). The lowest BCUT2D eigenvalue weighted by Crippen LogP contribution is -2.43. The molecule has 1 aliphatic heterocycles. The summed E-state index contributed by atoms with van der Waals surface area (Å²) in [7, 11) is 1.63. The van der Waals surface area contributed by atoms with Crippen LogP contribution >= 0.6 is 0 Å². The maximum Gasteiger partial charge on any atom is 0.127 e. The van der Waals surface area contributed by atoms with E-state index in [2.05, 4.69) is 5.32 Å². The second-order valence-corrected chi connectivity index (χ2v) is 4.55. The predicted molar refractivity (Wildman–Crippen MR) is 62.5 cm³/mol. The lowest BCUT2D eigenvalue weighted by atomic mass is 9.85. The van der Waals surface area contributed by atoms with Gasteiger partial charge in [-0.25, -0.2) is 4.39 Å². The van der Waals surface area contributed by atoms with Gasteiger partial charge in [0.05, 0.1) is 13.2 Å². The van der Waals surface area contributed by atoms with E-state index in [1.54, 1.807) is 14.0 Å². The van der Waals surface area contributed by atoms with Crippen molar-refractivity contribution >= 4 is 0 Å². The Bertz CT molecular complexity index is 365. The first-order chi connectivity index (χ1) is 7.63. The van der Waals surface area contributed by atoms with Gasteiger partial charge in [0.1, 0.15) is 11.4 Å². The van der Waals surface area contributed by atoms with Crippen LogP contribution in [0.2, 0.25) is 0 Å². The summed E-state index contributed by atoms with van der Waals surface area (Å²) in [4.78, 5) is 0. The number of ether oxygens (including phenoxy) is 1. The third-order valence-corrected chi connectivity index (χ3v) is 3.22. The van der Waals surface area contributed by atoms with Gasteiger partial charge in [0.15, 0.2) is 0 Å². The molecule has 1 fully saturated rings. The molecule has 1 N–H and O–H groups in total. The minimum absolute atomic E-state index is 0.226. The summed E-state index contributed by atoms with van der Waals surface area (Å²) in [5.41, 5.74) is -0.214. The first-order valence-electron chi connectivity index (χ1n) is 5.70. The molecule has 88 valence electrons. The molecule has 0 aliphatic carbocycles. The van der Waals surface area contributed by atoms with Crippen LogP contribution in [0.25, 0.3) is 0 Å². The molecule has 2 nitrogen and oxygen atoms in total. The van der Waals surface area contributed by atoms with Crippen molar-refractivity contribution in [2.75, 3.05) is 13.7 Å². The smallest absolute Gasteiger partial charge is 0.127 e. The fourth-order valence-electron chi connectivity index (χ4n) is 2.32. The number of nitrogens with one attached hydrogen (secondary N) is 1. The van der Waals surface area contributed by atoms with Crippen LogP contribution in [-0.4, -0.2) is 19.3 Å². The van der Waals surface area contributed by atoms with E-state index < -0.39 is 5.67 Å². The Morgan fingerprint density at radius 2 is 2.31 bits per heavy atom. The molecule has 3 heteroatoms. The van der Waals surface area contributed by atoms with E-state index in [1.165, 1.54) is 0 Å². The monoisotopic (exact) mass is 223 g/mol. The highest BCUT2D eigenvalue weighted by atomic mass is 19.1. The number of hydrogen-bond donors (Lipinski definition) is 1. The summed E-state index contributed by atoms with van der Waals surface area (Å²) >= 11 is 0. The summed E-state index contributed by atoms with van der Waals surface area (Å²) in [5, 5.41) is 3.25. The Hall–Kier alpha value is -1.09. The summed E-state index contributed by atoms with van der Waals surface area (Å²) in [6.07, 6.45) is 1.51. The molecule has 0 amide bonds. The molecule has 1 aromatic rings. The predicted octanol–water partition coefficient (Wildman–Crippen LogP) is 2.85. The van der Waals surface area contributed by atoms with Crippen LogP contribution in [0, 0.1) is 0 Å². The third-order valence-electron chi connectivity index (χ3n) is 3.22. The standard InChI is InChI=1S/C13H18FNO/c1-13(14)7-4-8-15-12(13)10-5-3-6-11(9-10)16-2/h3,5-6,9,12,15H,4,7-8H2,1-2H3. The zero-order valence-electron chi connectivity index (χ0n) is 9.79. The van der Waals surface area contributed by atoms with Crippen molar-refractivity contribution < 1.29 is 9.13 Å². The summed E-state index contributed by atoms with van der Waals surface area (Å²) in [6.45, 7) is 2.55. The molecule has 1 aromatic carbocycles. The lowest BCUT2D eigenvalue weighted by Gasteiger charge is -2.36. The maximum atomic E-state index is 14.4. The number of rotatable bonds is 2. The number of benzene rings is 1. The number of piperidine rings is 1. The van der Waals surface area contributed by atoms with E-state index in [-0.39, 0.29) is 6.04 Å². The number of hydrogen-bond acceptors (Lipinski definition) is 2. The molecule has 2 unspecified atom stereocenters. The minimum Gasteiger partial charge on any atom is -0.497 e. The Labute approximate surface area is 95.8 Å². The van der Waals surface area contributed by atoms with Crippen molar-refractivity contribution in [3.8, 4) is 5.75 Å². The molecule has 0 saturated carbocycles. The first-order valence-corrected chi connectivity index (χ1v) is 5.70. The molecular formula is C13H18FNO. The Balaban J connectivity index is 2.27. The molecule has 0 spiro atoms. The van der Waals surface area contributed by atoms with Gasteiger partial charge in [-0.2, -0.15) is 0 Å². The molecule has 1 saturated heterocycles. The van der Waals surface area contributed by atoms with E-state index in [4.69, 9.17) is 4.74 Å². The van der Waals surface area contributed by atoms with Gasteiger partial charge < -0.3 is 10.1 Å². The summed E-state index contributed by atoms with van der Waals surface area (Å²) in [5.74, 6) is 0.778. The van der Waals surface area contributed by atoms with Gasteiger partial charge in [0, 0.05) is 0 Å². The van der Waals surface area contributed by atoms with E-state index in [1.807, 2.05) is 24.3 Å². The van der Waals surface area contributed by atoms with Gasteiger partial charge in [-0.1, -0.05) is 12.1 Å². The average Bonchev–Trinajstić information content (AvgIpc) is 2.28. The van der Waals surface area contributed by atoms with E-state index in [0.29, 0.717) is 6.42 Å². The topological polar surface area (TPSA) is 21.3 Å². The fourth-order valence-corrected chi connectivity index (χ4v) is 2.32. The average molecular weight is 223 g/mol. The quantitative estimate of drug-likeness (QED) is 0.832. The van der Waals surface area contributed by atoms with Crippen LogP contribution < -0.4 is 10.1 Å². The van der Waals surface area contributed by atoms with Crippen molar-refractivity contribution in [3.05, 3.63) is 29.8 Å². The molecule has 1 aliphatic rings. The van der Waals surface area contributed by atoms with E-state index in [0.717, 1.165) is 24.3 Å². The Morgan fingerprint density at radius 3 is 3.00 bits per heavy atom. The fraction of sp³-hybridized carbons (Fsp3) is 0.538. The normalized spacial score (nSPS) is 30.1. The minimum atomic E-state index is -1.18. The van der Waals surface area contributed by atoms with Crippen LogP contribution in [0.15, 0.2) is 24.3 Å². The Morgan fingerprint density at radius 1 is 1.50 bits per heavy atom. The molecular weight excluding hydrogens is 205 g/mol. The van der Waals surface area contributed by atoms with Crippen LogP contribution in [0.3, 0.4) is 0 Å². The van der Waals surface area contributed by atoms with Crippen molar-refractivity contribution in [2.24, 2.45) is 0 Å². The second kappa shape index (κ2) is 4.42. The van der Waals surface area contributed by atoms with Crippen LogP contribution in [0.5, 0.6) is 5.75 Å². The van der Waals surface area contributed by atoms with Crippen LogP contribution in [0.1, 0.15) is 31.4 Å². The molecule has 16 heavy (non-hydrogen) atoms. The van der Waals surface area contributed by atoms with Gasteiger partial charge in [-0.15, -0.1) is 0 Å². The largest absolute Gasteiger partial charge is 0.497 e. The molecule has 0 radical (unpaired) electrons. The van der Waals surface area contributed by atoms with Gasteiger partial charge in [0.2, 0.25) is 0 Å². The molecule has 2 atom stereocenters. The van der Waals surface area contributed by atoms with Crippen molar-refractivity contribution in [1.29, 1.82) is 0 Å². The van der Waals surface area contributed by atoms with Crippen LogP contribution in [0.4, 0.5) is 4.39 Å². The number of halogens is 1. The zero-order valence-corrected chi connectivity index (χ0v) is 9.79. The molecule has 0 aromatic heterocycles. The first kappa shape index (κ1) is 11.4. The highest BCUT2D eigenvalue weighted by Gasteiger charge is 2.37. The maximum absolute atomic E-state index is 14.4. The zero-order chi connectivity index (χ0) is 11.6. The van der Waals surface area contributed by atoms with Crippen molar-refractivity contribution in [2.45, 2.75) is 31.5 Å². The van der Waals surface area contributed by atoms with Gasteiger partial charge in [-0.3, -0.25) is 0 Å². The van der Waals surface area contributed by atoms with Crippen molar-refractivity contribution in [3.63, 3.8) is 0 Å². The number of methoxy groups -OCH3 is 1. The third kappa shape index (κ3) is 2.19. The van der Waals surface area contributed by atoms with Crippen molar-refractivity contribution in [1.82, 2.24) is 5.32 Å². The molecule has 0 bridgehead atoms. The van der Waals surface area contributed by atoms with E-state index in [9.17, 15) is 4.39 Å². The highest BCUT2D eigenvalue weighted by Crippen LogP contribution is 2.36. The summed E-state index contributed by atoms with van der Waals surface area (Å²) in [6, 6.07) is 7.41. The highest BCUT2D eigenvalue weighted by molar-refractivity contribution is 5.32. The lowest BCUT2D eigenvalue weighted by molar-refractivity contribution is 0.0882. The number of alkyl halides is 1. The second-order valence-electron chi connectivity index (χ2n) is 4.55.